The molecular formula is C11H14N4O. The van der Waals surface area contributed by atoms with Gasteiger partial charge in [0.05, 0.1) is 12.4 Å². The second-order valence-electron chi connectivity index (χ2n) is 4.21. The molecule has 3 rings (SSSR count). The lowest BCUT2D eigenvalue weighted by Crippen LogP contribution is -2.20. The van der Waals surface area contributed by atoms with Crippen molar-refractivity contribution in [2.45, 2.75) is 25.5 Å². The molecule has 0 saturated carbocycles. The predicted molar refractivity (Wildman–Crippen MR) is 59.5 cm³/mol. The summed E-state index contributed by atoms with van der Waals surface area (Å²) in [6.07, 6.45) is 8.53. The van der Waals surface area contributed by atoms with Crippen LogP contribution in [0, 0.1) is 0 Å². The highest BCUT2D eigenvalue weighted by molar-refractivity contribution is 5.30. The number of nitrogens with zero attached hydrogens (tertiary/aromatic N) is 3. The van der Waals surface area contributed by atoms with E-state index >= 15 is 0 Å². The van der Waals surface area contributed by atoms with Crippen molar-refractivity contribution in [1.29, 1.82) is 0 Å². The summed E-state index contributed by atoms with van der Waals surface area (Å²) in [7, 11) is 0. The molecule has 0 unspecified atom stereocenters. The Bertz CT molecular complexity index is 495. The number of rotatable bonds is 2. The van der Waals surface area contributed by atoms with Crippen molar-refractivity contribution in [2.75, 3.05) is 6.54 Å². The molecule has 0 aliphatic carbocycles. The van der Waals surface area contributed by atoms with Gasteiger partial charge in [0.15, 0.2) is 5.75 Å². The largest absolute Gasteiger partial charge is 0.486 e. The van der Waals surface area contributed by atoms with E-state index in [9.17, 15) is 0 Å². The molecule has 2 aromatic heterocycles. The summed E-state index contributed by atoms with van der Waals surface area (Å²) in [5.74, 6) is 1.50. The molecule has 5 nitrogen and oxygen atoms in total. The zero-order valence-electron chi connectivity index (χ0n) is 9.13. The van der Waals surface area contributed by atoms with E-state index in [-0.39, 0.29) is 6.10 Å². The molecule has 0 radical (unpaired) electrons. The number of ether oxygens (including phenoxy) is 1. The SMILES string of the molecule is C[C@H]1C[C@@H](Oc2cnc3nccn3c2)CN1. The normalized spacial score (nSPS) is 25.1. The molecule has 2 aromatic rings. The van der Waals surface area contributed by atoms with Gasteiger partial charge in [0.1, 0.15) is 6.10 Å². The van der Waals surface area contributed by atoms with Crippen LogP contribution in [0.25, 0.3) is 5.78 Å². The van der Waals surface area contributed by atoms with Crippen LogP contribution in [0.5, 0.6) is 5.75 Å². The van der Waals surface area contributed by atoms with Crippen LogP contribution >= 0.6 is 0 Å². The van der Waals surface area contributed by atoms with Crippen molar-refractivity contribution in [3.63, 3.8) is 0 Å². The van der Waals surface area contributed by atoms with Crippen molar-refractivity contribution in [2.24, 2.45) is 0 Å². The second-order valence-corrected chi connectivity index (χ2v) is 4.21. The Morgan fingerprint density at radius 3 is 3.25 bits per heavy atom. The third kappa shape index (κ3) is 1.74. The third-order valence-electron chi connectivity index (χ3n) is 2.83. The number of fused-ring (bicyclic) bond motifs is 1. The van der Waals surface area contributed by atoms with E-state index in [2.05, 4.69) is 22.2 Å². The van der Waals surface area contributed by atoms with Crippen LogP contribution in [0.2, 0.25) is 0 Å². The Kier molecular flexibility index (Phi) is 2.25. The maximum atomic E-state index is 5.85. The van der Waals surface area contributed by atoms with Crippen LogP contribution in [0.4, 0.5) is 0 Å². The first-order chi connectivity index (χ1) is 7.81. The van der Waals surface area contributed by atoms with E-state index in [0.29, 0.717) is 11.8 Å². The minimum Gasteiger partial charge on any atom is -0.486 e. The molecule has 1 N–H and O–H groups in total. The van der Waals surface area contributed by atoms with Crippen LogP contribution in [-0.4, -0.2) is 33.1 Å². The lowest BCUT2D eigenvalue weighted by molar-refractivity contribution is 0.218. The summed E-state index contributed by atoms with van der Waals surface area (Å²) in [5, 5.41) is 3.36. The maximum absolute atomic E-state index is 5.85. The van der Waals surface area contributed by atoms with E-state index in [1.54, 1.807) is 12.4 Å². The fourth-order valence-corrected chi connectivity index (χ4v) is 2.03. The summed E-state index contributed by atoms with van der Waals surface area (Å²) in [6.45, 7) is 3.07. The molecule has 16 heavy (non-hydrogen) atoms. The lowest BCUT2D eigenvalue weighted by atomic mass is 10.2. The van der Waals surface area contributed by atoms with Gasteiger partial charge in [-0.1, -0.05) is 0 Å². The molecular weight excluding hydrogens is 204 g/mol. The van der Waals surface area contributed by atoms with Gasteiger partial charge in [-0.3, -0.25) is 4.40 Å². The highest BCUT2D eigenvalue weighted by Crippen LogP contribution is 2.16. The molecule has 0 aromatic carbocycles. The Morgan fingerprint density at radius 1 is 1.50 bits per heavy atom. The van der Waals surface area contributed by atoms with Crippen LogP contribution in [-0.2, 0) is 0 Å². The fourth-order valence-electron chi connectivity index (χ4n) is 2.03. The van der Waals surface area contributed by atoms with E-state index in [4.69, 9.17) is 4.74 Å². The molecule has 1 aliphatic heterocycles. The van der Waals surface area contributed by atoms with Crippen molar-refractivity contribution in [1.82, 2.24) is 19.7 Å². The monoisotopic (exact) mass is 218 g/mol. The average Bonchev–Trinajstić information content (AvgIpc) is 2.87. The van der Waals surface area contributed by atoms with Gasteiger partial charge in [-0.2, -0.15) is 0 Å². The maximum Gasteiger partial charge on any atom is 0.233 e. The molecule has 0 amide bonds. The second kappa shape index (κ2) is 3.75. The topological polar surface area (TPSA) is 51.5 Å². The molecule has 0 spiro atoms. The van der Waals surface area contributed by atoms with E-state index in [1.807, 2.05) is 16.8 Å². The molecule has 84 valence electrons. The highest BCUT2D eigenvalue weighted by atomic mass is 16.5. The Morgan fingerprint density at radius 2 is 2.44 bits per heavy atom. The van der Waals surface area contributed by atoms with Crippen LogP contribution < -0.4 is 10.1 Å². The standard InChI is InChI=1S/C11H14N4O/c1-8-4-9(5-13-8)16-10-6-14-11-12-2-3-15(11)7-10/h2-3,6-9,13H,4-5H2,1H3/t8-,9+/m0/s1. The van der Waals surface area contributed by atoms with Gasteiger partial charge in [-0.05, 0) is 6.92 Å². The lowest BCUT2D eigenvalue weighted by Gasteiger charge is -2.12. The van der Waals surface area contributed by atoms with Crippen LogP contribution in [0.1, 0.15) is 13.3 Å². The highest BCUT2D eigenvalue weighted by Gasteiger charge is 2.22. The average molecular weight is 218 g/mol. The van der Waals surface area contributed by atoms with Gasteiger partial charge in [-0.25, -0.2) is 9.97 Å². The predicted octanol–water partition coefficient (Wildman–Crippen LogP) is 0.858. The van der Waals surface area contributed by atoms with Gasteiger partial charge in [0.2, 0.25) is 5.78 Å². The molecule has 1 aliphatic rings. The quantitative estimate of drug-likeness (QED) is 0.812. The Hall–Kier alpha value is -1.62. The first-order valence-corrected chi connectivity index (χ1v) is 5.50. The Balaban J connectivity index is 1.78. The number of aromatic nitrogens is 3. The minimum atomic E-state index is 0.248. The molecule has 2 atom stereocenters. The number of imidazole rings is 1. The molecule has 3 heterocycles. The molecule has 0 bridgehead atoms. The van der Waals surface area contributed by atoms with Gasteiger partial charge < -0.3 is 10.1 Å². The first-order valence-electron chi connectivity index (χ1n) is 5.50. The van der Waals surface area contributed by atoms with Crippen LogP contribution in [0.3, 0.4) is 0 Å². The van der Waals surface area contributed by atoms with Gasteiger partial charge in [0.25, 0.3) is 0 Å². The zero-order chi connectivity index (χ0) is 11.0. The summed E-state index contributed by atoms with van der Waals surface area (Å²) in [6, 6.07) is 0.537. The fraction of sp³-hybridized carbons (Fsp3) is 0.455. The minimum absolute atomic E-state index is 0.248. The summed E-state index contributed by atoms with van der Waals surface area (Å²) < 4.78 is 7.71. The van der Waals surface area contributed by atoms with Crippen molar-refractivity contribution < 1.29 is 4.74 Å². The first kappa shape index (κ1) is 9.59. The van der Waals surface area contributed by atoms with Gasteiger partial charge >= 0.3 is 0 Å². The van der Waals surface area contributed by atoms with Gasteiger partial charge in [-0.15, -0.1) is 0 Å². The molecule has 1 saturated heterocycles. The number of hydrogen-bond acceptors (Lipinski definition) is 4. The summed E-state index contributed by atoms with van der Waals surface area (Å²) in [4.78, 5) is 8.30. The summed E-state index contributed by atoms with van der Waals surface area (Å²) >= 11 is 0. The summed E-state index contributed by atoms with van der Waals surface area (Å²) in [5.41, 5.74) is 0. The number of hydrogen-bond donors (Lipinski definition) is 1. The van der Waals surface area contributed by atoms with Crippen molar-refractivity contribution >= 4 is 5.78 Å². The van der Waals surface area contributed by atoms with Crippen LogP contribution in [0.15, 0.2) is 24.8 Å². The zero-order valence-corrected chi connectivity index (χ0v) is 9.13. The molecule has 1 fully saturated rings. The molecule has 5 heteroatoms. The van der Waals surface area contributed by atoms with Crippen molar-refractivity contribution in [3.05, 3.63) is 24.8 Å². The van der Waals surface area contributed by atoms with E-state index in [0.717, 1.165) is 18.7 Å². The van der Waals surface area contributed by atoms with E-state index in [1.165, 1.54) is 0 Å². The third-order valence-corrected chi connectivity index (χ3v) is 2.83. The van der Waals surface area contributed by atoms with Gasteiger partial charge in [0, 0.05) is 31.4 Å². The smallest absolute Gasteiger partial charge is 0.233 e. The van der Waals surface area contributed by atoms with E-state index < -0.39 is 0 Å². The number of nitrogens with one attached hydrogen (secondary N) is 1. The Labute approximate surface area is 93.5 Å². The van der Waals surface area contributed by atoms with Crippen molar-refractivity contribution in [3.8, 4) is 5.75 Å².